The zero-order valence-electron chi connectivity index (χ0n) is 41.8. The molecule has 2 atom stereocenters. The summed E-state index contributed by atoms with van der Waals surface area (Å²) in [6, 6.07) is -0.558. The molecule has 368 valence electrons. The van der Waals surface area contributed by atoms with Crippen molar-refractivity contribution in [1.82, 2.24) is 5.32 Å². The van der Waals surface area contributed by atoms with Gasteiger partial charge in [-0.2, -0.15) is 0 Å². The molecule has 6 heteroatoms. The van der Waals surface area contributed by atoms with Crippen LogP contribution in [0.15, 0.2) is 48.6 Å². The lowest BCUT2D eigenvalue weighted by molar-refractivity contribution is -0.143. The second-order valence-corrected chi connectivity index (χ2v) is 18.6. The van der Waals surface area contributed by atoms with Crippen LogP contribution < -0.4 is 5.32 Å². The van der Waals surface area contributed by atoms with Gasteiger partial charge in [0.15, 0.2) is 0 Å². The van der Waals surface area contributed by atoms with E-state index in [-0.39, 0.29) is 18.5 Å². The number of hydrogen-bond donors (Lipinski definition) is 3. The molecule has 0 aliphatic heterocycles. The van der Waals surface area contributed by atoms with Crippen molar-refractivity contribution in [1.29, 1.82) is 0 Å². The third-order valence-electron chi connectivity index (χ3n) is 12.4. The van der Waals surface area contributed by atoms with E-state index in [1.54, 1.807) is 0 Å². The molecule has 0 aromatic heterocycles. The van der Waals surface area contributed by atoms with Gasteiger partial charge in [-0.3, -0.25) is 9.59 Å². The lowest BCUT2D eigenvalue weighted by Crippen LogP contribution is -2.45. The van der Waals surface area contributed by atoms with Crippen LogP contribution in [0.1, 0.15) is 277 Å². The second kappa shape index (κ2) is 52.4. The number of nitrogens with one attached hydrogen (secondary N) is 1. The molecule has 0 aromatic rings. The lowest BCUT2D eigenvalue weighted by atomic mass is 10.0. The standard InChI is InChI=1S/C57H105NO5/c1-3-5-7-9-11-13-15-17-18-19-20-21-24-27-31-35-39-43-47-51-57(62)63-52-48-44-40-36-32-28-25-22-23-26-30-34-38-42-46-50-56(61)58-54(53-59)55(60)49-45-41-37-33-29-16-14-12-10-8-6-4-2/h11,13,17-18,22,25,28,32,54-55,59-60H,3-10,12,14-16,19-21,23-24,26-27,29-31,33-53H2,1-2H3,(H,58,61)/b13-11-,18-17-,25-22-,32-28-. The Balaban J connectivity index is 3.51. The Hall–Kier alpha value is -2.18. The molecule has 0 rings (SSSR count). The molecule has 0 radical (unpaired) electrons. The first-order chi connectivity index (χ1) is 31.0. The van der Waals surface area contributed by atoms with Crippen LogP contribution in [0.25, 0.3) is 0 Å². The number of aliphatic hydroxyl groups is 2. The summed E-state index contributed by atoms with van der Waals surface area (Å²) in [6.07, 6.45) is 65.2. The van der Waals surface area contributed by atoms with Crippen molar-refractivity contribution < 1.29 is 24.5 Å². The number of amides is 1. The number of esters is 1. The average molecular weight is 884 g/mol. The van der Waals surface area contributed by atoms with E-state index in [0.717, 1.165) is 83.5 Å². The SMILES string of the molecule is CCCCC/C=C\C/C=C\CCCCCCCCCCCC(=O)OCCCCC/C=C\C=C/CCCCCCCCC(=O)NC(CO)C(O)CCCCCCCCCCCCCC. The van der Waals surface area contributed by atoms with Gasteiger partial charge in [-0.05, 0) is 89.9 Å². The smallest absolute Gasteiger partial charge is 0.305 e. The van der Waals surface area contributed by atoms with Crippen LogP contribution in [-0.2, 0) is 14.3 Å². The van der Waals surface area contributed by atoms with Crippen molar-refractivity contribution in [2.45, 2.75) is 289 Å². The maximum atomic E-state index is 12.4. The van der Waals surface area contributed by atoms with Crippen molar-refractivity contribution in [3.05, 3.63) is 48.6 Å². The Kier molecular flexibility index (Phi) is 50.6. The summed E-state index contributed by atoms with van der Waals surface area (Å²) in [6.45, 7) is 4.86. The van der Waals surface area contributed by atoms with E-state index in [0.29, 0.717) is 25.9 Å². The minimum Gasteiger partial charge on any atom is -0.466 e. The summed E-state index contributed by atoms with van der Waals surface area (Å²) in [5.41, 5.74) is 0. The quantitative estimate of drug-likeness (QED) is 0.0245. The maximum absolute atomic E-state index is 12.4. The van der Waals surface area contributed by atoms with E-state index in [2.05, 4.69) is 67.8 Å². The average Bonchev–Trinajstić information content (AvgIpc) is 3.28. The molecule has 0 aliphatic rings. The highest BCUT2D eigenvalue weighted by Gasteiger charge is 2.20. The van der Waals surface area contributed by atoms with Gasteiger partial charge in [0.25, 0.3) is 0 Å². The molecule has 63 heavy (non-hydrogen) atoms. The summed E-state index contributed by atoms with van der Waals surface area (Å²) in [5.74, 6) is -0.0853. The molecule has 3 N–H and O–H groups in total. The zero-order valence-corrected chi connectivity index (χ0v) is 41.8. The predicted molar refractivity (Wildman–Crippen MR) is 273 cm³/mol. The van der Waals surface area contributed by atoms with Gasteiger partial charge in [0.2, 0.25) is 5.91 Å². The summed E-state index contributed by atoms with van der Waals surface area (Å²) in [7, 11) is 0. The van der Waals surface area contributed by atoms with E-state index in [1.165, 1.54) is 161 Å². The van der Waals surface area contributed by atoms with Crippen molar-refractivity contribution in [2.24, 2.45) is 0 Å². The van der Waals surface area contributed by atoms with Gasteiger partial charge in [0, 0.05) is 12.8 Å². The van der Waals surface area contributed by atoms with Gasteiger partial charge in [-0.15, -0.1) is 0 Å². The van der Waals surface area contributed by atoms with Gasteiger partial charge in [-0.25, -0.2) is 0 Å². The third-order valence-corrected chi connectivity index (χ3v) is 12.4. The van der Waals surface area contributed by atoms with E-state index in [1.807, 2.05) is 0 Å². The Bertz CT molecular complexity index is 1070. The van der Waals surface area contributed by atoms with Crippen molar-refractivity contribution >= 4 is 11.9 Å². The van der Waals surface area contributed by atoms with Gasteiger partial charge in [-0.1, -0.05) is 223 Å². The van der Waals surface area contributed by atoms with Gasteiger partial charge >= 0.3 is 5.97 Å². The fourth-order valence-electron chi connectivity index (χ4n) is 8.13. The first kappa shape index (κ1) is 60.8. The van der Waals surface area contributed by atoms with Crippen LogP contribution in [0.3, 0.4) is 0 Å². The highest BCUT2D eigenvalue weighted by molar-refractivity contribution is 5.76. The number of ether oxygens (including phenoxy) is 1. The van der Waals surface area contributed by atoms with Gasteiger partial charge in [0.05, 0.1) is 25.4 Å². The monoisotopic (exact) mass is 884 g/mol. The highest BCUT2D eigenvalue weighted by Crippen LogP contribution is 2.16. The van der Waals surface area contributed by atoms with Crippen LogP contribution in [0.5, 0.6) is 0 Å². The van der Waals surface area contributed by atoms with E-state index in [4.69, 9.17) is 4.74 Å². The number of aliphatic hydroxyl groups excluding tert-OH is 2. The van der Waals surface area contributed by atoms with Crippen molar-refractivity contribution in [3.8, 4) is 0 Å². The number of unbranched alkanes of at least 4 members (excludes halogenated alkanes) is 32. The second-order valence-electron chi connectivity index (χ2n) is 18.6. The van der Waals surface area contributed by atoms with Crippen LogP contribution >= 0.6 is 0 Å². The van der Waals surface area contributed by atoms with Gasteiger partial charge in [0.1, 0.15) is 0 Å². The molecule has 1 amide bonds. The molecule has 0 spiro atoms. The Labute approximate surface area is 391 Å². The Morgan fingerprint density at radius 2 is 0.841 bits per heavy atom. The number of carbonyl (C=O) groups excluding carboxylic acids is 2. The molecule has 0 bridgehead atoms. The molecule has 2 unspecified atom stereocenters. The number of hydrogen-bond acceptors (Lipinski definition) is 5. The summed E-state index contributed by atoms with van der Waals surface area (Å²) in [4.78, 5) is 24.5. The summed E-state index contributed by atoms with van der Waals surface area (Å²) in [5, 5.41) is 23.2. The van der Waals surface area contributed by atoms with Crippen LogP contribution in [0.2, 0.25) is 0 Å². The molecular formula is C57H105NO5. The largest absolute Gasteiger partial charge is 0.466 e. The molecule has 0 aliphatic carbocycles. The fourth-order valence-corrected chi connectivity index (χ4v) is 8.13. The lowest BCUT2D eigenvalue weighted by Gasteiger charge is -2.22. The molecule has 0 saturated heterocycles. The van der Waals surface area contributed by atoms with E-state index < -0.39 is 12.1 Å². The van der Waals surface area contributed by atoms with Crippen LogP contribution in [0, 0.1) is 0 Å². The third kappa shape index (κ3) is 49.1. The minimum absolute atomic E-state index is 0.0261. The highest BCUT2D eigenvalue weighted by atomic mass is 16.5. The maximum Gasteiger partial charge on any atom is 0.305 e. The van der Waals surface area contributed by atoms with Crippen LogP contribution in [0.4, 0.5) is 0 Å². The van der Waals surface area contributed by atoms with E-state index in [9.17, 15) is 19.8 Å². The molecule has 0 fully saturated rings. The number of allylic oxidation sites excluding steroid dienone is 8. The molecule has 6 nitrogen and oxygen atoms in total. The number of rotatable bonds is 50. The first-order valence-corrected chi connectivity index (χ1v) is 27.4. The van der Waals surface area contributed by atoms with Crippen LogP contribution in [-0.4, -0.2) is 47.4 Å². The molecule has 0 heterocycles. The minimum atomic E-state index is -0.678. The van der Waals surface area contributed by atoms with E-state index >= 15 is 0 Å². The van der Waals surface area contributed by atoms with Crippen molar-refractivity contribution in [2.75, 3.05) is 13.2 Å². The van der Waals surface area contributed by atoms with Crippen molar-refractivity contribution in [3.63, 3.8) is 0 Å². The number of carbonyl (C=O) groups is 2. The Morgan fingerprint density at radius 3 is 1.33 bits per heavy atom. The fraction of sp³-hybridized carbons (Fsp3) is 0.825. The predicted octanol–water partition coefficient (Wildman–Crippen LogP) is 16.6. The molecule has 0 saturated carbocycles. The topological polar surface area (TPSA) is 95.9 Å². The zero-order chi connectivity index (χ0) is 45.8. The first-order valence-electron chi connectivity index (χ1n) is 27.4. The summed E-state index contributed by atoms with van der Waals surface area (Å²) >= 11 is 0. The molecular weight excluding hydrogens is 779 g/mol. The Morgan fingerprint density at radius 1 is 0.460 bits per heavy atom. The molecule has 0 aromatic carbocycles. The summed E-state index contributed by atoms with van der Waals surface area (Å²) < 4.78 is 5.45. The normalized spacial score (nSPS) is 13.0. The van der Waals surface area contributed by atoms with Gasteiger partial charge < -0.3 is 20.3 Å².